The average Bonchev–Trinajstić information content (AvgIpc) is 2.43. The topological polar surface area (TPSA) is 41.6 Å². The van der Waals surface area contributed by atoms with Crippen LogP contribution in [0.1, 0.15) is 12.0 Å². The molecule has 1 unspecified atom stereocenters. The molecule has 1 amide bonds. The van der Waals surface area contributed by atoms with Gasteiger partial charge in [0.1, 0.15) is 11.3 Å². The van der Waals surface area contributed by atoms with E-state index in [0.717, 1.165) is 11.3 Å². The lowest BCUT2D eigenvalue weighted by molar-refractivity contribution is -0.134. The van der Waals surface area contributed by atoms with E-state index in [0.29, 0.717) is 25.3 Å². The Bertz CT molecular complexity index is 465. The number of benzene rings is 1. The fourth-order valence-electron chi connectivity index (χ4n) is 2.60. The Morgan fingerprint density at radius 1 is 1.47 bits per heavy atom. The standard InChI is InChI=1S/C14H20N2O2S/c1-16(2)14(13(17)15-8-10-19)7-9-18-12-6-4-3-5-11(12)14/h3-6,19H,7-10H2,1-2H3,(H,15,17). The van der Waals surface area contributed by atoms with Crippen molar-refractivity contribution < 1.29 is 9.53 Å². The number of hydrogen-bond acceptors (Lipinski definition) is 4. The van der Waals surface area contributed by atoms with Crippen molar-refractivity contribution in [3.63, 3.8) is 0 Å². The van der Waals surface area contributed by atoms with Gasteiger partial charge in [-0.1, -0.05) is 18.2 Å². The molecule has 2 rings (SSSR count). The molecular weight excluding hydrogens is 260 g/mol. The van der Waals surface area contributed by atoms with Gasteiger partial charge in [-0.05, 0) is 20.2 Å². The Hall–Kier alpha value is -1.20. The summed E-state index contributed by atoms with van der Waals surface area (Å²) in [5.74, 6) is 1.44. The van der Waals surface area contributed by atoms with Crippen LogP contribution in [0.25, 0.3) is 0 Å². The van der Waals surface area contributed by atoms with Gasteiger partial charge in [0.25, 0.3) is 0 Å². The van der Waals surface area contributed by atoms with Crippen molar-refractivity contribution in [1.82, 2.24) is 10.2 Å². The van der Waals surface area contributed by atoms with Crippen LogP contribution in [-0.2, 0) is 10.3 Å². The molecule has 1 aliphatic rings. The van der Waals surface area contributed by atoms with Crippen LogP contribution in [0.15, 0.2) is 24.3 Å². The van der Waals surface area contributed by atoms with Gasteiger partial charge in [0.15, 0.2) is 0 Å². The van der Waals surface area contributed by atoms with Crippen molar-refractivity contribution in [3.8, 4) is 5.75 Å². The first-order valence-corrected chi connectivity index (χ1v) is 7.05. The summed E-state index contributed by atoms with van der Waals surface area (Å²) in [5.41, 5.74) is 0.278. The van der Waals surface area contributed by atoms with Crippen molar-refractivity contribution >= 4 is 18.5 Å². The molecule has 1 heterocycles. The molecule has 5 heteroatoms. The molecular formula is C14H20N2O2S. The van der Waals surface area contributed by atoms with Crippen LogP contribution in [0.2, 0.25) is 0 Å². The molecule has 0 saturated heterocycles. The monoisotopic (exact) mass is 280 g/mol. The lowest BCUT2D eigenvalue weighted by Crippen LogP contribution is -2.56. The fourth-order valence-corrected chi connectivity index (χ4v) is 2.71. The van der Waals surface area contributed by atoms with Gasteiger partial charge in [0, 0.05) is 24.3 Å². The van der Waals surface area contributed by atoms with E-state index in [1.165, 1.54) is 0 Å². The maximum atomic E-state index is 12.6. The fraction of sp³-hybridized carbons (Fsp3) is 0.500. The predicted octanol–water partition coefficient (Wildman–Crippen LogP) is 1.27. The summed E-state index contributed by atoms with van der Waals surface area (Å²) < 4.78 is 5.66. The molecule has 1 aromatic carbocycles. The van der Waals surface area contributed by atoms with Gasteiger partial charge in [-0.25, -0.2) is 0 Å². The highest BCUT2D eigenvalue weighted by Gasteiger charge is 2.46. The second kappa shape index (κ2) is 5.84. The number of fused-ring (bicyclic) bond motifs is 1. The summed E-state index contributed by atoms with van der Waals surface area (Å²) in [7, 11) is 3.87. The lowest BCUT2D eigenvalue weighted by Gasteiger charge is -2.42. The van der Waals surface area contributed by atoms with Gasteiger partial charge in [-0.3, -0.25) is 9.69 Å². The minimum absolute atomic E-state index is 0.0160. The van der Waals surface area contributed by atoms with Gasteiger partial charge in [0.2, 0.25) is 5.91 Å². The maximum absolute atomic E-state index is 12.6. The third kappa shape index (κ3) is 2.44. The number of carbonyl (C=O) groups is 1. The van der Waals surface area contributed by atoms with Crippen molar-refractivity contribution in [1.29, 1.82) is 0 Å². The minimum atomic E-state index is -0.655. The highest BCUT2D eigenvalue weighted by atomic mass is 32.1. The molecule has 104 valence electrons. The first-order valence-electron chi connectivity index (χ1n) is 6.42. The molecule has 0 saturated carbocycles. The molecule has 0 aromatic heterocycles. The van der Waals surface area contributed by atoms with Gasteiger partial charge in [0.05, 0.1) is 6.61 Å². The molecule has 1 aromatic rings. The Balaban J connectivity index is 2.44. The number of para-hydroxylation sites is 1. The Morgan fingerprint density at radius 2 is 2.21 bits per heavy atom. The van der Waals surface area contributed by atoms with E-state index in [2.05, 4.69) is 17.9 Å². The summed E-state index contributed by atoms with van der Waals surface area (Å²) in [6, 6.07) is 7.75. The van der Waals surface area contributed by atoms with Gasteiger partial charge in [-0.15, -0.1) is 0 Å². The molecule has 0 spiro atoms. The van der Waals surface area contributed by atoms with Crippen LogP contribution >= 0.6 is 12.6 Å². The van der Waals surface area contributed by atoms with Gasteiger partial charge >= 0.3 is 0 Å². The van der Waals surface area contributed by atoms with Crippen LogP contribution in [0.5, 0.6) is 5.75 Å². The predicted molar refractivity (Wildman–Crippen MR) is 78.8 cm³/mol. The normalized spacial score (nSPS) is 21.7. The summed E-state index contributed by atoms with van der Waals surface area (Å²) in [4.78, 5) is 14.6. The van der Waals surface area contributed by atoms with Crippen LogP contribution in [0.4, 0.5) is 0 Å². The molecule has 4 nitrogen and oxygen atoms in total. The number of likely N-dealkylation sites (N-methyl/N-ethyl adjacent to an activating group) is 1. The van der Waals surface area contributed by atoms with E-state index < -0.39 is 5.54 Å². The van der Waals surface area contributed by atoms with E-state index in [-0.39, 0.29) is 5.91 Å². The summed E-state index contributed by atoms with van der Waals surface area (Å²) in [5, 5.41) is 2.95. The second-order valence-electron chi connectivity index (χ2n) is 4.83. The van der Waals surface area contributed by atoms with E-state index in [1.807, 2.05) is 43.3 Å². The number of carbonyl (C=O) groups excluding carboxylic acids is 1. The van der Waals surface area contributed by atoms with Crippen LogP contribution in [-0.4, -0.2) is 43.8 Å². The zero-order valence-corrected chi connectivity index (χ0v) is 12.2. The summed E-state index contributed by atoms with van der Waals surface area (Å²) in [6.07, 6.45) is 0.648. The first-order chi connectivity index (χ1) is 9.13. The average molecular weight is 280 g/mol. The zero-order valence-electron chi connectivity index (χ0n) is 11.3. The third-order valence-electron chi connectivity index (χ3n) is 3.59. The number of amides is 1. The molecule has 1 atom stereocenters. The van der Waals surface area contributed by atoms with Crippen molar-refractivity contribution in [2.75, 3.05) is 33.0 Å². The first kappa shape index (κ1) is 14.2. The Kier molecular flexibility index (Phi) is 4.37. The number of ether oxygens (including phenoxy) is 1. The molecule has 0 radical (unpaired) electrons. The van der Waals surface area contributed by atoms with E-state index in [1.54, 1.807) is 0 Å². The molecule has 19 heavy (non-hydrogen) atoms. The smallest absolute Gasteiger partial charge is 0.245 e. The highest BCUT2D eigenvalue weighted by molar-refractivity contribution is 7.80. The zero-order chi connectivity index (χ0) is 13.9. The largest absolute Gasteiger partial charge is 0.493 e. The number of hydrogen-bond donors (Lipinski definition) is 2. The van der Waals surface area contributed by atoms with Crippen molar-refractivity contribution in [2.45, 2.75) is 12.0 Å². The van der Waals surface area contributed by atoms with E-state index >= 15 is 0 Å². The van der Waals surface area contributed by atoms with E-state index in [4.69, 9.17) is 4.74 Å². The summed E-state index contributed by atoms with van der Waals surface area (Å²) in [6.45, 7) is 1.12. The molecule has 0 aliphatic carbocycles. The lowest BCUT2D eigenvalue weighted by atomic mass is 9.82. The third-order valence-corrected chi connectivity index (χ3v) is 3.81. The molecule has 0 bridgehead atoms. The van der Waals surface area contributed by atoms with Gasteiger partial charge < -0.3 is 10.1 Å². The van der Waals surface area contributed by atoms with Crippen LogP contribution < -0.4 is 10.1 Å². The number of thiol groups is 1. The van der Waals surface area contributed by atoms with Gasteiger partial charge in [-0.2, -0.15) is 12.6 Å². The van der Waals surface area contributed by atoms with E-state index in [9.17, 15) is 4.79 Å². The quantitative estimate of drug-likeness (QED) is 0.816. The highest BCUT2D eigenvalue weighted by Crippen LogP contribution is 2.40. The minimum Gasteiger partial charge on any atom is -0.493 e. The maximum Gasteiger partial charge on any atom is 0.245 e. The summed E-state index contributed by atoms with van der Waals surface area (Å²) >= 11 is 4.14. The molecule has 0 fully saturated rings. The SMILES string of the molecule is CN(C)C1(C(=O)NCCS)CCOc2ccccc21. The number of rotatable bonds is 4. The second-order valence-corrected chi connectivity index (χ2v) is 5.28. The molecule has 1 N–H and O–H groups in total. The van der Waals surface area contributed by atoms with Crippen LogP contribution in [0, 0.1) is 0 Å². The number of nitrogens with one attached hydrogen (secondary N) is 1. The van der Waals surface area contributed by atoms with Crippen LogP contribution in [0.3, 0.4) is 0 Å². The number of nitrogens with zero attached hydrogens (tertiary/aromatic N) is 1. The van der Waals surface area contributed by atoms with Crippen molar-refractivity contribution in [3.05, 3.63) is 29.8 Å². The molecule has 1 aliphatic heterocycles. The Labute approximate surface area is 119 Å². The Morgan fingerprint density at radius 3 is 2.89 bits per heavy atom. The van der Waals surface area contributed by atoms with Crippen molar-refractivity contribution in [2.24, 2.45) is 0 Å².